The van der Waals surface area contributed by atoms with E-state index >= 15 is 0 Å². The number of rotatable bonds is 4. The molecule has 0 bridgehead atoms. The molecule has 0 unspecified atom stereocenters. The largest absolute Gasteiger partial charge is 0.304 e. The van der Waals surface area contributed by atoms with Crippen molar-refractivity contribution < 1.29 is 0 Å². The van der Waals surface area contributed by atoms with Crippen LogP contribution < -0.4 is 0 Å². The van der Waals surface area contributed by atoms with Crippen molar-refractivity contribution in [1.29, 1.82) is 0 Å². The minimum atomic E-state index is -0.120. The monoisotopic (exact) mass is 271 g/mol. The number of hydrogen-bond acceptors (Lipinski definition) is 5. The molecule has 0 aromatic rings. The molecule has 5 heteroatoms. The molecular weight excluding hydrogens is 238 g/mol. The van der Waals surface area contributed by atoms with Gasteiger partial charge in [0.2, 0.25) is 0 Å². The van der Waals surface area contributed by atoms with Crippen LogP contribution in [0.2, 0.25) is 0 Å². The first kappa shape index (κ1) is 16.9. The van der Waals surface area contributed by atoms with E-state index < -0.39 is 0 Å². The number of nitrogens with zero attached hydrogens (tertiary/aromatic N) is 5. The lowest BCUT2D eigenvalue weighted by molar-refractivity contribution is -0.238. The van der Waals surface area contributed by atoms with Gasteiger partial charge in [0.1, 0.15) is 0 Å². The average molecular weight is 271 g/mol. The van der Waals surface area contributed by atoms with Crippen LogP contribution in [0.15, 0.2) is 0 Å². The summed E-state index contributed by atoms with van der Waals surface area (Å²) in [5, 5.41) is 0. The van der Waals surface area contributed by atoms with E-state index in [4.69, 9.17) is 0 Å². The van der Waals surface area contributed by atoms with Gasteiger partial charge in [0.15, 0.2) is 5.91 Å². The third-order valence-electron chi connectivity index (χ3n) is 4.32. The van der Waals surface area contributed by atoms with Gasteiger partial charge in [-0.05, 0) is 48.3 Å². The second kappa shape index (κ2) is 6.99. The van der Waals surface area contributed by atoms with Gasteiger partial charge in [-0.3, -0.25) is 19.6 Å². The first-order valence-corrected chi connectivity index (χ1v) is 7.44. The van der Waals surface area contributed by atoms with Crippen molar-refractivity contribution in [2.75, 3.05) is 74.5 Å². The van der Waals surface area contributed by atoms with Gasteiger partial charge in [-0.25, -0.2) is 0 Å². The fraction of sp³-hybridized carbons (Fsp3) is 1.00. The van der Waals surface area contributed by atoms with E-state index in [2.05, 4.69) is 73.6 Å². The molecule has 1 saturated heterocycles. The van der Waals surface area contributed by atoms with E-state index in [0.29, 0.717) is 0 Å². The molecule has 0 aromatic heterocycles. The average Bonchev–Trinajstić information content (AvgIpc) is 2.33. The Morgan fingerprint density at radius 1 is 0.789 bits per heavy atom. The van der Waals surface area contributed by atoms with Gasteiger partial charge in [0.25, 0.3) is 0 Å². The highest BCUT2D eigenvalue weighted by atomic mass is 15.7. The van der Waals surface area contributed by atoms with E-state index in [-0.39, 0.29) is 5.91 Å². The minimum Gasteiger partial charge on any atom is -0.304 e. The Kier molecular flexibility index (Phi) is 6.20. The Balaban J connectivity index is 3.20. The molecular formula is C14H33N5. The lowest BCUT2D eigenvalue weighted by Gasteiger charge is -2.58. The molecule has 1 aliphatic heterocycles. The van der Waals surface area contributed by atoms with Gasteiger partial charge in [-0.1, -0.05) is 13.8 Å². The summed E-state index contributed by atoms with van der Waals surface area (Å²) < 4.78 is 0. The van der Waals surface area contributed by atoms with Crippen LogP contribution in [0.25, 0.3) is 0 Å². The van der Waals surface area contributed by atoms with Crippen molar-refractivity contribution in [1.82, 2.24) is 24.5 Å². The molecule has 0 radical (unpaired) electrons. The predicted molar refractivity (Wildman–Crippen MR) is 82.1 cm³/mol. The second-order valence-electron chi connectivity index (χ2n) is 5.85. The van der Waals surface area contributed by atoms with Crippen molar-refractivity contribution in [2.45, 2.75) is 19.8 Å². The molecule has 0 spiro atoms. The molecule has 19 heavy (non-hydrogen) atoms. The van der Waals surface area contributed by atoms with Crippen LogP contribution in [0.5, 0.6) is 0 Å². The van der Waals surface area contributed by atoms with Crippen LogP contribution in [-0.4, -0.2) is 105 Å². The molecule has 0 N–H and O–H groups in total. The zero-order chi connectivity index (χ0) is 14.6. The van der Waals surface area contributed by atoms with Crippen LogP contribution >= 0.6 is 0 Å². The summed E-state index contributed by atoms with van der Waals surface area (Å²) in [5.74, 6) is -0.120. The van der Waals surface area contributed by atoms with Crippen molar-refractivity contribution in [3.8, 4) is 0 Å². The summed E-state index contributed by atoms with van der Waals surface area (Å²) >= 11 is 0. The third kappa shape index (κ3) is 3.11. The molecule has 0 aliphatic carbocycles. The van der Waals surface area contributed by atoms with E-state index in [1.165, 1.54) is 0 Å². The first-order valence-electron chi connectivity index (χ1n) is 7.44. The highest BCUT2D eigenvalue weighted by molar-refractivity contribution is 4.88. The van der Waals surface area contributed by atoms with Gasteiger partial charge in [0, 0.05) is 26.2 Å². The van der Waals surface area contributed by atoms with Crippen LogP contribution in [0.4, 0.5) is 0 Å². The van der Waals surface area contributed by atoms with Crippen LogP contribution in [-0.2, 0) is 0 Å². The maximum absolute atomic E-state index is 2.58. The molecule has 0 atom stereocenters. The molecule has 5 nitrogen and oxygen atoms in total. The lowest BCUT2D eigenvalue weighted by atomic mass is 10.2. The van der Waals surface area contributed by atoms with Crippen LogP contribution in [0, 0.1) is 0 Å². The summed E-state index contributed by atoms with van der Waals surface area (Å²) in [6, 6.07) is 0. The highest BCUT2D eigenvalue weighted by Crippen LogP contribution is 2.26. The summed E-state index contributed by atoms with van der Waals surface area (Å²) in [4.78, 5) is 12.3. The predicted octanol–water partition coefficient (Wildman–Crippen LogP) is 0.310. The van der Waals surface area contributed by atoms with E-state index in [0.717, 1.165) is 39.3 Å². The maximum Gasteiger partial charge on any atom is 0.190 e. The number of likely N-dealkylation sites (N-methyl/N-ethyl adjacent to an activating group) is 3. The Hall–Kier alpha value is -0.200. The molecule has 1 aliphatic rings. The van der Waals surface area contributed by atoms with Crippen LogP contribution in [0.1, 0.15) is 13.8 Å². The standard InChI is InChI=1S/C14H33N5/c1-8-18-12-10-17(7)11-13-19(9-2)14(18,15(3)4)16(5)6/h8-13H2,1-7H3. The maximum atomic E-state index is 2.58. The zero-order valence-corrected chi connectivity index (χ0v) is 14.0. The van der Waals surface area contributed by atoms with Gasteiger partial charge in [-0.2, -0.15) is 0 Å². The fourth-order valence-corrected chi connectivity index (χ4v) is 3.47. The molecule has 0 saturated carbocycles. The molecule has 114 valence electrons. The number of hydrogen-bond donors (Lipinski definition) is 0. The van der Waals surface area contributed by atoms with Crippen LogP contribution in [0.3, 0.4) is 0 Å². The smallest absolute Gasteiger partial charge is 0.190 e. The third-order valence-corrected chi connectivity index (χ3v) is 4.32. The molecule has 0 amide bonds. The lowest BCUT2D eigenvalue weighted by Crippen LogP contribution is -2.76. The molecule has 1 rings (SSSR count). The summed E-state index contributed by atoms with van der Waals surface area (Å²) in [7, 11) is 11.0. The van der Waals surface area contributed by atoms with Crippen molar-refractivity contribution in [3.63, 3.8) is 0 Å². The Morgan fingerprint density at radius 3 is 1.42 bits per heavy atom. The van der Waals surface area contributed by atoms with Crippen molar-refractivity contribution in [2.24, 2.45) is 0 Å². The topological polar surface area (TPSA) is 16.2 Å². The second-order valence-corrected chi connectivity index (χ2v) is 5.85. The zero-order valence-electron chi connectivity index (χ0n) is 14.0. The fourth-order valence-electron chi connectivity index (χ4n) is 3.47. The Bertz CT molecular complexity index is 241. The van der Waals surface area contributed by atoms with Gasteiger partial charge in [-0.15, -0.1) is 0 Å². The normalized spacial score (nSPS) is 23.8. The van der Waals surface area contributed by atoms with Crippen molar-refractivity contribution >= 4 is 0 Å². The summed E-state index contributed by atoms with van der Waals surface area (Å²) in [6.45, 7) is 11.1. The SMILES string of the molecule is CCN1CCN(C)CCN(CC)C1(N(C)C)N(C)C. The van der Waals surface area contributed by atoms with E-state index in [1.54, 1.807) is 0 Å². The van der Waals surface area contributed by atoms with Gasteiger partial charge < -0.3 is 4.90 Å². The molecule has 1 heterocycles. The van der Waals surface area contributed by atoms with Crippen molar-refractivity contribution in [3.05, 3.63) is 0 Å². The molecule has 0 aromatic carbocycles. The summed E-state index contributed by atoms with van der Waals surface area (Å²) in [5.41, 5.74) is 0. The summed E-state index contributed by atoms with van der Waals surface area (Å²) in [6.07, 6.45) is 0. The molecule has 1 fully saturated rings. The Morgan fingerprint density at radius 2 is 1.16 bits per heavy atom. The first-order chi connectivity index (χ1) is 8.91. The Labute approximate surface area is 119 Å². The quantitative estimate of drug-likeness (QED) is 0.682. The minimum absolute atomic E-state index is 0.120. The van der Waals surface area contributed by atoms with Gasteiger partial charge >= 0.3 is 0 Å². The van der Waals surface area contributed by atoms with E-state index in [1.807, 2.05) is 0 Å². The van der Waals surface area contributed by atoms with Gasteiger partial charge in [0.05, 0.1) is 0 Å². The highest BCUT2D eigenvalue weighted by Gasteiger charge is 2.46. The van der Waals surface area contributed by atoms with E-state index in [9.17, 15) is 0 Å².